The van der Waals surface area contributed by atoms with E-state index in [1.54, 1.807) is 4.90 Å². The Bertz CT molecular complexity index is 2960. The third-order valence-corrected chi connectivity index (χ3v) is 9.73. The number of hydrogen-bond donors (Lipinski definition) is 0. The number of aromatic nitrogens is 3. The molecule has 0 fully saturated rings. The van der Waals surface area contributed by atoms with Crippen LogP contribution in [0.2, 0.25) is 0 Å². The molecule has 4 heteroatoms. The Morgan fingerprint density at radius 3 is 1.53 bits per heavy atom. The standard InChI is InChI=1S/C49H32N4/c1-5-15-33(16-6-1)34-27-29-39(30-28-34)53(38-23-11-4-12-24-38)40-31-43-41-25-13-21-35-22-14-26-42(45(35)41)46(43)44(32-40)49-51-47(36-17-7-2-8-18-36)50-48(52-49)37-19-9-3-10-20-37/h1-32H/i4D,11D,12D,23D,24D. The van der Waals surface area contributed by atoms with Crippen molar-refractivity contribution in [3.05, 3.63) is 194 Å². The summed E-state index contributed by atoms with van der Waals surface area (Å²) >= 11 is 0. The minimum atomic E-state index is -0.457. The van der Waals surface area contributed by atoms with Gasteiger partial charge in [-0.3, -0.25) is 0 Å². The van der Waals surface area contributed by atoms with E-state index in [2.05, 4.69) is 36.4 Å². The fourth-order valence-corrected chi connectivity index (χ4v) is 7.33. The van der Waals surface area contributed by atoms with Crippen molar-refractivity contribution in [1.82, 2.24) is 15.0 Å². The molecule has 10 rings (SSSR count). The zero-order valence-electron chi connectivity index (χ0n) is 33.4. The van der Waals surface area contributed by atoms with Gasteiger partial charge in [0.1, 0.15) is 0 Å². The van der Waals surface area contributed by atoms with Crippen LogP contribution in [0, 0.1) is 0 Å². The quantitative estimate of drug-likeness (QED) is 0.168. The van der Waals surface area contributed by atoms with Crippen molar-refractivity contribution in [2.24, 2.45) is 0 Å². The molecule has 0 atom stereocenters. The number of hydrogen-bond acceptors (Lipinski definition) is 4. The number of para-hydroxylation sites is 1. The molecule has 0 N–H and O–H groups in total. The van der Waals surface area contributed by atoms with Crippen molar-refractivity contribution in [1.29, 1.82) is 0 Å². The molecule has 1 aliphatic carbocycles. The smallest absolute Gasteiger partial charge is 0.164 e. The van der Waals surface area contributed by atoms with Crippen LogP contribution in [0.3, 0.4) is 0 Å². The first-order chi connectivity index (χ1) is 28.4. The van der Waals surface area contributed by atoms with E-state index in [1.807, 2.05) is 127 Å². The maximum atomic E-state index is 9.21. The average molecular weight is 682 g/mol. The van der Waals surface area contributed by atoms with Crippen LogP contribution in [0.5, 0.6) is 0 Å². The summed E-state index contributed by atoms with van der Waals surface area (Å²) in [6.07, 6.45) is 0. The average Bonchev–Trinajstić information content (AvgIpc) is 3.61. The fourth-order valence-electron chi connectivity index (χ4n) is 7.33. The van der Waals surface area contributed by atoms with Gasteiger partial charge in [0.05, 0.1) is 6.85 Å². The molecule has 248 valence electrons. The molecule has 4 nitrogen and oxygen atoms in total. The molecular weight excluding hydrogens is 645 g/mol. The summed E-state index contributed by atoms with van der Waals surface area (Å²) in [5, 5.41) is 2.18. The van der Waals surface area contributed by atoms with Crippen LogP contribution in [0.15, 0.2) is 194 Å². The van der Waals surface area contributed by atoms with Crippen molar-refractivity contribution in [3.8, 4) is 67.5 Å². The van der Waals surface area contributed by atoms with Gasteiger partial charge in [0.15, 0.2) is 17.5 Å². The highest BCUT2D eigenvalue weighted by molar-refractivity contribution is 6.18. The van der Waals surface area contributed by atoms with E-state index >= 15 is 0 Å². The molecule has 1 aromatic heterocycles. The highest BCUT2D eigenvalue weighted by Gasteiger charge is 2.29. The van der Waals surface area contributed by atoms with Crippen LogP contribution in [0.1, 0.15) is 6.85 Å². The third kappa shape index (κ3) is 5.45. The zero-order chi connectivity index (χ0) is 39.5. The van der Waals surface area contributed by atoms with Crippen molar-refractivity contribution in [3.63, 3.8) is 0 Å². The van der Waals surface area contributed by atoms with E-state index in [0.29, 0.717) is 34.4 Å². The first kappa shape index (κ1) is 25.7. The lowest BCUT2D eigenvalue weighted by Gasteiger charge is -2.27. The number of anilines is 3. The number of fused-ring (bicyclic) bond motifs is 3. The van der Waals surface area contributed by atoms with E-state index < -0.39 is 18.1 Å². The molecule has 9 aromatic rings. The molecule has 0 radical (unpaired) electrons. The monoisotopic (exact) mass is 681 g/mol. The molecule has 0 bridgehead atoms. The van der Waals surface area contributed by atoms with Gasteiger partial charge in [-0.05, 0) is 74.9 Å². The van der Waals surface area contributed by atoms with Crippen molar-refractivity contribution < 1.29 is 6.85 Å². The fraction of sp³-hybridized carbons (Fsp3) is 0. The Hall–Kier alpha value is -7.17. The second kappa shape index (κ2) is 12.9. The van der Waals surface area contributed by atoms with Crippen LogP contribution < -0.4 is 4.90 Å². The van der Waals surface area contributed by atoms with Crippen molar-refractivity contribution >= 4 is 27.8 Å². The van der Waals surface area contributed by atoms with E-state index in [9.17, 15) is 2.74 Å². The molecule has 0 amide bonds. The molecule has 0 saturated heterocycles. The second-order valence-corrected chi connectivity index (χ2v) is 12.9. The largest absolute Gasteiger partial charge is 0.310 e. The zero-order valence-corrected chi connectivity index (χ0v) is 28.4. The molecular formula is C49H32N4. The van der Waals surface area contributed by atoms with E-state index in [-0.39, 0.29) is 17.8 Å². The first-order valence-electron chi connectivity index (χ1n) is 20.0. The van der Waals surface area contributed by atoms with Crippen LogP contribution in [0.4, 0.5) is 17.1 Å². The highest BCUT2D eigenvalue weighted by Crippen LogP contribution is 2.53. The van der Waals surface area contributed by atoms with Crippen LogP contribution >= 0.6 is 0 Å². The van der Waals surface area contributed by atoms with Gasteiger partial charge in [0.25, 0.3) is 0 Å². The van der Waals surface area contributed by atoms with Gasteiger partial charge >= 0.3 is 0 Å². The number of benzene rings is 8. The summed E-state index contributed by atoms with van der Waals surface area (Å²) in [5.74, 6) is 1.46. The van der Waals surface area contributed by atoms with E-state index in [0.717, 1.165) is 55.3 Å². The summed E-state index contributed by atoms with van der Waals surface area (Å²) < 4.78 is 44.3. The third-order valence-electron chi connectivity index (χ3n) is 9.73. The Balaban J connectivity index is 1.29. The van der Waals surface area contributed by atoms with E-state index in [1.165, 1.54) is 0 Å². The molecule has 0 unspecified atom stereocenters. The first-order valence-corrected chi connectivity index (χ1v) is 17.5. The summed E-state index contributed by atoms with van der Waals surface area (Å²) in [6.45, 7) is 0. The van der Waals surface area contributed by atoms with Crippen molar-refractivity contribution in [2.45, 2.75) is 0 Å². The highest BCUT2D eigenvalue weighted by atomic mass is 15.1. The van der Waals surface area contributed by atoms with Crippen LogP contribution in [-0.4, -0.2) is 15.0 Å². The number of nitrogens with zero attached hydrogens (tertiary/aromatic N) is 4. The minimum Gasteiger partial charge on any atom is -0.310 e. The normalized spacial score (nSPS) is 12.7. The van der Waals surface area contributed by atoms with Gasteiger partial charge in [-0.2, -0.15) is 0 Å². The summed E-state index contributed by atoms with van der Waals surface area (Å²) in [5.41, 5.74) is 9.54. The summed E-state index contributed by atoms with van der Waals surface area (Å²) in [4.78, 5) is 17.1. The van der Waals surface area contributed by atoms with Crippen molar-refractivity contribution in [2.75, 3.05) is 4.90 Å². The topological polar surface area (TPSA) is 41.9 Å². The molecule has 0 spiro atoms. The molecule has 53 heavy (non-hydrogen) atoms. The van der Waals surface area contributed by atoms with Gasteiger partial charge in [0.2, 0.25) is 0 Å². The van der Waals surface area contributed by atoms with Gasteiger partial charge in [-0.1, -0.05) is 158 Å². The lowest BCUT2D eigenvalue weighted by Crippen LogP contribution is -2.11. The Labute approximate surface area is 315 Å². The minimum absolute atomic E-state index is 0.0312. The van der Waals surface area contributed by atoms with Crippen LogP contribution in [0.25, 0.3) is 78.3 Å². The SMILES string of the molecule is [2H]c1c([2H])c([2H])c(N(c2ccc(-c3ccccc3)cc2)c2cc(-c3nc(-c4ccccc4)nc(-c4ccccc4)n3)c3c(c2)-c2cccc4cccc-3c24)c([2H])c1[2H]. The Morgan fingerprint density at radius 1 is 0.377 bits per heavy atom. The maximum absolute atomic E-state index is 9.21. The predicted molar refractivity (Wildman–Crippen MR) is 218 cm³/mol. The number of rotatable bonds is 7. The summed E-state index contributed by atoms with van der Waals surface area (Å²) in [7, 11) is 0. The molecule has 0 aliphatic heterocycles. The van der Waals surface area contributed by atoms with Gasteiger partial charge < -0.3 is 4.90 Å². The summed E-state index contributed by atoms with van der Waals surface area (Å²) in [6, 6.07) is 52.1. The maximum Gasteiger partial charge on any atom is 0.164 e. The van der Waals surface area contributed by atoms with Gasteiger partial charge in [-0.25, -0.2) is 15.0 Å². The lowest BCUT2D eigenvalue weighted by atomic mass is 9.95. The molecule has 1 aliphatic rings. The van der Waals surface area contributed by atoms with Crippen LogP contribution in [-0.2, 0) is 0 Å². The molecule has 8 aromatic carbocycles. The van der Waals surface area contributed by atoms with Gasteiger partial charge in [0, 0.05) is 39.3 Å². The predicted octanol–water partition coefficient (Wildman–Crippen LogP) is 12.8. The van der Waals surface area contributed by atoms with E-state index in [4.69, 9.17) is 19.1 Å². The molecule has 0 saturated carbocycles. The second-order valence-electron chi connectivity index (χ2n) is 12.9. The van der Waals surface area contributed by atoms with Gasteiger partial charge in [-0.15, -0.1) is 0 Å². The Morgan fingerprint density at radius 2 is 0.906 bits per heavy atom. The Kier molecular flexibility index (Phi) is 6.24. The molecule has 1 heterocycles. The lowest BCUT2D eigenvalue weighted by molar-refractivity contribution is 1.07.